The van der Waals surface area contributed by atoms with Crippen molar-refractivity contribution in [3.63, 3.8) is 0 Å². The molecule has 0 aliphatic carbocycles. The fraction of sp³-hybridized carbons (Fsp3) is 0.769. The summed E-state index contributed by atoms with van der Waals surface area (Å²) < 4.78 is 6.16. The highest BCUT2D eigenvalue weighted by molar-refractivity contribution is 6.83. The molecular formula is C13H28O3Si2. The zero-order valence-corrected chi connectivity index (χ0v) is 14.8. The van der Waals surface area contributed by atoms with Crippen LogP contribution in [0, 0.1) is 0 Å². The van der Waals surface area contributed by atoms with Gasteiger partial charge >= 0.3 is 5.97 Å². The predicted molar refractivity (Wildman–Crippen MR) is 81.9 cm³/mol. The minimum atomic E-state index is -2.01. The summed E-state index contributed by atoms with van der Waals surface area (Å²) in [6, 6.07) is 0. The van der Waals surface area contributed by atoms with E-state index in [1.807, 2.05) is 6.92 Å². The monoisotopic (exact) mass is 288 g/mol. The van der Waals surface area contributed by atoms with Gasteiger partial charge in [-0.15, -0.1) is 0 Å². The summed E-state index contributed by atoms with van der Waals surface area (Å²) in [5.74, 6) is -0.755. The Hall–Kier alpha value is -0.396. The maximum Gasteiger partial charge on any atom is 0.331 e. The number of unbranched alkanes of at least 4 members (excludes halogenated alkanes) is 1. The van der Waals surface area contributed by atoms with Crippen molar-refractivity contribution >= 4 is 23.3 Å². The van der Waals surface area contributed by atoms with Crippen molar-refractivity contribution < 1.29 is 14.0 Å². The van der Waals surface area contributed by atoms with E-state index in [0.717, 1.165) is 24.5 Å². The first-order chi connectivity index (χ1) is 8.26. The number of hydrogen-bond acceptors (Lipinski definition) is 2. The number of aliphatic carboxylic acids is 1. The molecule has 0 saturated heterocycles. The van der Waals surface area contributed by atoms with Gasteiger partial charge in [-0.25, -0.2) is 4.79 Å². The van der Waals surface area contributed by atoms with E-state index in [9.17, 15) is 9.90 Å². The van der Waals surface area contributed by atoms with E-state index in [1.165, 1.54) is 0 Å². The lowest BCUT2D eigenvalue weighted by molar-refractivity contribution is -0.132. The summed E-state index contributed by atoms with van der Waals surface area (Å²) in [7, 11) is -3.14. The quantitative estimate of drug-likeness (QED) is 0.547. The lowest BCUT2D eigenvalue weighted by Crippen LogP contribution is -2.39. The molecule has 0 fully saturated rings. The highest BCUT2D eigenvalue weighted by Gasteiger charge is 2.31. The molecule has 0 atom stereocenters. The summed E-state index contributed by atoms with van der Waals surface area (Å²) in [6.45, 7) is 12.7. The van der Waals surface area contributed by atoms with Crippen molar-refractivity contribution in [2.24, 2.45) is 0 Å². The summed E-state index contributed by atoms with van der Waals surface area (Å²) in [5.41, 5.74) is 0.616. The van der Waals surface area contributed by atoms with E-state index in [1.54, 1.807) is 0 Å². The molecule has 0 unspecified atom stereocenters. The number of rotatable bonds is 8. The number of hydrogen-bond donors (Lipinski definition) is 1. The molecule has 0 aliphatic rings. The third-order valence-electron chi connectivity index (χ3n) is 3.01. The first kappa shape index (κ1) is 17.6. The number of carboxylic acids is 1. The van der Waals surface area contributed by atoms with Gasteiger partial charge in [-0.3, -0.25) is 0 Å². The van der Waals surface area contributed by atoms with E-state index >= 15 is 0 Å². The Morgan fingerprint density at radius 3 is 2.17 bits per heavy atom. The molecule has 0 rings (SSSR count). The Bertz CT molecular complexity index is 309. The van der Waals surface area contributed by atoms with E-state index in [2.05, 4.69) is 33.1 Å². The minimum Gasteiger partial charge on any atom is -0.478 e. The van der Waals surface area contributed by atoms with Gasteiger partial charge in [0, 0.05) is 5.57 Å². The van der Waals surface area contributed by atoms with Crippen LogP contribution >= 0.6 is 0 Å². The first-order valence-corrected chi connectivity index (χ1v) is 12.6. The van der Waals surface area contributed by atoms with Crippen molar-refractivity contribution in [3.05, 3.63) is 10.8 Å². The zero-order valence-electron chi connectivity index (χ0n) is 12.7. The Morgan fingerprint density at radius 2 is 1.83 bits per heavy atom. The maximum atomic E-state index is 11.5. The molecule has 1 N–H and O–H groups in total. The number of allylic oxidation sites excluding steroid dienone is 1. The van der Waals surface area contributed by atoms with Crippen LogP contribution in [0.4, 0.5) is 0 Å². The van der Waals surface area contributed by atoms with E-state index in [0.29, 0.717) is 12.0 Å². The van der Waals surface area contributed by atoms with Gasteiger partial charge in [0.25, 0.3) is 0 Å². The molecule has 0 aromatic heterocycles. The average Bonchev–Trinajstić information content (AvgIpc) is 2.21. The molecule has 0 aliphatic heterocycles. The van der Waals surface area contributed by atoms with Gasteiger partial charge in [-0.1, -0.05) is 20.3 Å². The van der Waals surface area contributed by atoms with Crippen LogP contribution in [0.3, 0.4) is 0 Å². The highest BCUT2D eigenvalue weighted by atomic mass is 28.4. The third-order valence-corrected chi connectivity index (χ3v) is 9.36. The summed E-state index contributed by atoms with van der Waals surface area (Å²) in [5, 5.41) is 10.5. The second-order valence-electron chi connectivity index (χ2n) is 5.40. The van der Waals surface area contributed by atoms with Crippen molar-refractivity contribution in [2.45, 2.75) is 65.7 Å². The van der Waals surface area contributed by atoms with E-state index in [-0.39, 0.29) is 0 Å². The van der Waals surface area contributed by atoms with Gasteiger partial charge in [0.15, 0.2) is 9.04 Å². The van der Waals surface area contributed by atoms with Crippen molar-refractivity contribution in [1.29, 1.82) is 0 Å². The van der Waals surface area contributed by atoms with Crippen LogP contribution in [0.5, 0.6) is 0 Å². The second-order valence-corrected chi connectivity index (χ2v) is 12.1. The van der Waals surface area contributed by atoms with Crippen molar-refractivity contribution in [1.82, 2.24) is 0 Å². The lowest BCUT2D eigenvalue weighted by Gasteiger charge is -2.30. The fourth-order valence-corrected chi connectivity index (χ4v) is 9.50. The highest BCUT2D eigenvalue weighted by Crippen LogP contribution is 2.27. The molecule has 0 heterocycles. The minimum absolute atomic E-state index is 0.616. The topological polar surface area (TPSA) is 46.5 Å². The molecule has 106 valence electrons. The second kappa shape index (κ2) is 7.91. The normalized spacial score (nSPS) is 13.7. The SMILES string of the molecule is CCCC/C(C(=O)O)=C(\CC)[Si](C)(C)O[SiH](C)C. The lowest BCUT2D eigenvalue weighted by atomic mass is 10.1. The van der Waals surface area contributed by atoms with Gasteiger partial charge in [0.2, 0.25) is 8.32 Å². The van der Waals surface area contributed by atoms with Gasteiger partial charge in [0.05, 0.1) is 0 Å². The van der Waals surface area contributed by atoms with Crippen LogP contribution in [-0.2, 0) is 8.91 Å². The largest absolute Gasteiger partial charge is 0.478 e. The van der Waals surface area contributed by atoms with Crippen LogP contribution in [0.25, 0.3) is 0 Å². The molecule has 0 aromatic carbocycles. The Morgan fingerprint density at radius 1 is 1.28 bits per heavy atom. The molecule has 0 saturated carbocycles. The van der Waals surface area contributed by atoms with Crippen molar-refractivity contribution in [3.8, 4) is 0 Å². The van der Waals surface area contributed by atoms with Crippen LogP contribution < -0.4 is 0 Å². The average molecular weight is 289 g/mol. The summed E-state index contributed by atoms with van der Waals surface area (Å²) in [6.07, 6.45) is 3.43. The zero-order chi connectivity index (χ0) is 14.3. The van der Waals surface area contributed by atoms with Crippen LogP contribution in [0.1, 0.15) is 39.5 Å². The van der Waals surface area contributed by atoms with Gasteiger partial charge in [-0.2, -0.15) is 0 Å². The standard InChI is InChI=1S/C13H28O3Si2/c1-7-9-10-11(13(14)15)12(8-2)18(5,6)16-17(3)4/h17H,7-10H2,1-6H3,(H,14,15)/b12-11-. The third kappa shape index (κ3) is 5.50. The number of carboxylic acid groups (broad SMARTS) is 1. The smallest absolute Gasteiger partial charge is 0.331 e. The summed E-state index contributed by atoms with van der Waals surface area (Å²) >= 11 is 0. The summed E-state index contributed by atoms with van der Waals surface area (Å²) in [4.78, 5) is 11.5. The molecule has 0 radical (unpaired) electrons. The Kier molecular flexibility index (Phi) is 7.74. The van der Waals surface area contributed by atoms with Crippen LogP contribution in [-0.4, -0.2) is 28.4 Å². The molecular weight excluding hydrogens is 260 g/mol. The Labute approximate surface area is 114 Å². The van der Waals surface area contributed by atoms with Gasteiger partial charge in [0.1, 0.15) is 0 Å². The molecule has 18 heavy (non-hydrogen) atoms. The predicted octanol–water partition coefficient (Wildman–Crippen LogP) is 3.71. The maximum absolute atomic E-state index is 11.5. The molecule has 0 aromatic rings. The Balaban J connectivity index is 5.34. The van der Waals surface area contributed by atoms with Crippen molar-refractivity contribution in [2.75, 3.05) is 0 Å². The van der Waals surface area contributed by atoms with Gasteiger partial charge < -0.3 is 9.22 Å². The molecule has 3 nitrogen and oxygen atoms in total. The first-order valence-electron chi connectivity index (χ1n) is 6.89. The van der Waals surface area contributed by atoms with E-state index < -0.39 is 23.3 Å². The molecule has 0 spiro atoms. The van der Waals surface area contributed by atoms with Crippen LogP contribution in [0.15, 0.2) is 10.8 Å². The molecule has 0 bridgehead atoms. The van der Waals surface area contributed by atoms with Crippen LogP contribution in [0.2, 0.25) is 26.2 Å². The van der Waals surface area contributed by atoms with E-state index in [4.69, 9.17) is 4.12 Å². The van der Waals surface area contributed by atoms with Gasteiger partial charge in [-0.05, 0) is 50.6 Å². The number of carbonyl (C=O) groups is 1. The molecule has 5 heteroatoms. The fourth-order valence-electron chi connectivity index (χ4n) is 2.40. The molecule has 0 amide bonds.